The molecule has 0 aliphatic heterocycles. The molecule has 1 aromatic rings. The average Bonchev–Trinajstić information content (AvgIpc) is 1.88. The van der Waals surface area contributed by atoms with E-state index in [1.165, 1.54) is 0 Å². The Bertz CT molecular complexity index is 220. The van der Waals surface area contributed by atoms with Crippen LogP contribution in [0.4, 0.5) is 0 Å². The van der Waals surface area contributed by atoms with Crippen LogP contribution < -0.4 is 4.57 Å². The van der Waals surface area contributed by atoms with Gasteiger partial charge in [-0.05, 0) is 35.8 Å². The zero-order valence-corrected chi connectivity index (χ0v) is 7.80. The Morgan fingerprint density at radius 1 is 1.50 bits per heavy atom. The molecule has 0 bridgehead atoms. The van der Waals surface area contributed by atoms with Crippen LogP contribution in [0.1, 0.15) is 19.9 Å². The van der Waals surface area contributed by atoms with E-state index >= 15 is 0 Å². The lowest BCUT2D eigenvalue weighted by molar-refractivity contribution is -0.716. The number of pyridine rings is 1. The number of aromatic nitrogens is 1. The van der Waals surface area contributed by atoms with Gasteiger partial charge >= 0.3 is 0 Å². The van der Waals surface area contributed by atoms with E-state index in [-0.39, 0.29) is 0 Å². The molecule has 0 saturated heterocycles. The number of rotatable bonds is 1. The molecule has 1 aromatic heterocycles. The predicted octanol–water partition coefficient (Wildman–Crippen LogP) is 2.32. The van der Waals surface area contributed by atoms with Gasteiger partial charge in [-0.15, -0.1) is 0 Å². The summed E-state index contributed by atoms with van der Waals surface area (Å²) in [5.41, 5.74) is 0. The van der Waals surface area contributed by atoms with Gasteiger partial charge in [-0.1, -0.05) is 0 Å². The van der Waals surface area contributed by atoms with Gasteiger partial charge in [-0.25, -0.2) is 4.57 Å². The van der Waals surface area contributed by atoms with Crippen LogP contribution in [-0.2, 0) is 0 Å². The maximum Gasteiger partial charge on any atom is 0.183 e. The molecule has 0 N–H and O–H groups in total. The van der Waals surface area contributed by atoms with E-state index in [2.05, 4.69) is 46.7 Å². The highest BCUT2D eigenvalue weighted by molar-refractivity contribution is 9.10. The molecule has 1 rings (SSSR count). The van der Waals surface area contributed by atoms with E-state index in [1.807, 2.05) is 12.1 Å². The monoisotopic (exact) mass is 200 g/mol. The van der Waals surface area contributed by atoms with Crippen molar-refractivity contribution < 1.29 is 4.57 Å². The Morgan fingerprint density at radius 2 is 2.20 bits per heavy atom. The molecule has 1 nitrogen and oxygen atoms in total. The van der Waals surface area contributed by atoms with Gasteiger partial charge in [-0.3, -0.25) is 0 Å². The van der Waals surface area contributed by atoms with Gasteiger partial charge in [0.25, 0.3) is 0 Å². The van der Waals surface area contributed by atoms with Gasteiger partial charge in [0, 0.05) is 6.07 Å². The Kier molecular flexibility index (Phi) is 2.44. The Balaban J connectivity index is 2.96. The highest BCUT2D eigenvalue weighted by Crippen LogP contribution is 2.04. The van der Waals surface area contributed by atoms with E-state index < -0.39 is 0 Å². The first-order valence-corrected chi connectivity index (χ1v) is 4.16. The van der Waals surface area contributed by atoms with Crippen molar-refractivity contribution in [2.45, 2.75) is 19.9 Å². The third-order valence-electron chi connectivity index (χ3n) is 1.38. The number of hydrogen-bond acceptors (Lipinski definition) is 0. The van der Waals surface area contributed by atoms with Gasteiger partial charge in [0.05, 0.1) is 4.47 Å². The zero-order chi connectivity index (χ0) is 7.56. The van der Waals surface area contributed by atoms with Crippen molar-refractivity contribution in [2.24, 2.45) is 0 Å². The summed E-state index contributed by atoms with van der Waals surface area (Å²) in [6.45, 7) is 4.32. The van der Waals surface area contributed by atoms with E-state index in [0.717, 1.165) is 4.47 Å². The normalized spacial score (nSPS) is 10.4. The van der Waals surface area contributed by atoms with Crippen molar-refractivity contribution in [3.05, 3.63) is 29.0 Å². The summed E-state index contributed by atoms with van der Waals surface area (Å²) in [6, 6.07) is 4.60. The third kappa shape index (κ3) is 1.81. The topological polar surface area (TPSA) is 3.88 Å². The molecule has 2 heteroatoms. The Morgan fingerprint density at radius 3 is 2.60 bits per heavy atom. The molecule has 0 spiro atoms. The molecule has 0 unspecified atom stereocenters. The predicted molar refractivity (Wildman–Crippen MR) is 44.7 cm³/mol. The summed E-state index contributed by atoms with van der Waals surface area (Å²) in [5.74, 6) is 0. The fourth-order valence-electron chi connectivity index (χ4n) is 0.784. The minimum Gasteiger partial charge on any atom is -0.202 e. The SMILES string of the molecule is CC(C)[n+]1cccc(Br)c1. The number of nitrogens with zero attached hydrogens (tertiary/aromatic N) is 1. The van der Waals surface area contributed by atoms with E-state index in [9.17, 15) is 0 Å². The van der Waals surface area contributed by atoms with Gasteiger partial charge in [0.2, 0.25) is 0 Å². The molecule has 0 fully saturated rings. The molecule has 54 valence electrons. The van der Waals surface area contributed by atoms with E-state index in [4.69, 9.17) is 0 Å². The van der Waals surface area contributed by atoms with Gasteiger partial charge in [0.15, 0.2) is 18.4 Å². The summed E-state index contributed by atoms with van der Waals surface area (Å²) in [7, 11) is 0. The summed E-state index contributed by atoms with van der Waals surface area (Å²) in [4.78, 5) is 0. The second kappa shape index (κ2) is 3.15. The van der Waals surface area contributed by atoms with Crippen molar-refractivity contribution in [1.82, 2.24) is 0 Å². The summed E-state index contributed by atoms with van der Waals surface area (Å²) >= 11 is 3.41. The van der Waals surface area contributed by atoms with Gasteiger partial charge < -0.3 is 0 Å². The van der Waals surface area contributed by atoms with Crippen LogP contribution in [0.15, 0.2) is 29.0 Å². The van der Waals surface area contributed by atoms with Crippen molar-refractivity contribution >= 4 is 15.9 Å². The van der Waals surface area contributed by atoms with Gasteiger partial charge in [-0.2, -0.15) is 0 Å². The summed E-state index contributed by atoms with van der Waals surface area (Å²) in [5, 5.41) is 0. The van der Waals surface area contributed by atoms with Crippen molar-refractivity contribution in [1.29, 1.82) is 0 Å². The number of hydrogen-bond donors (Lipinski definition) is 0. The average molecular weight is 201 g/mol. The van der Waals surface area contributed by atoms with Crippen LogP contribution in [0.2, 0.25) is 0 Å². The molecular weight excluding hydrogens is 190 g/mol. The molecular formula is C8H11BrN+. The standard InChI is InChI=1S/C8H11BrN/c1-7(2)10-5-3-4-8(9)6-10/h3-7H,1-2H3/q+1. The quantitative estimate of drug-likeness (QED) is 0.614. The maximum absolute atomic E-state index is 3.41. The molecule has 0 saturated carbocycles. The molecule has 0 aromatic carbocycles. The molecule has 0 radical (unpaired) electrons. The fourth-order valence-corrected chi connectivity index (χ4v) is 1.17. The van der Waals surface area contributed by atoms with Crippen LogP contribution in [0.3, 0.4) is 0 Å². The largest absolute Gasteiger partial charge is 0.202 e. The lowest BCUT2D eigenvalue weighted by Gasteiger charge is -1.98. The van der Waals surface area contributed by atoms with Crippen LogP contribution in [0.25, 0.3) is 0 Å². The number of halogens is 1. The third-order valence-corrected chi connectivity index (χ3v) is 1.85. The lowest BCUT2D eigenvalue weighted by atomic mass is 10.3. The summed E-state index contributed by atoms with van der Waals surface area (Å²) in [6.07, 6.45) is 4.14. The molecule has 0 aliphatic carbocycles. The van der Waals surface area contributed by atoms with Crippen molar-refractivity contribution in [2.75, 3.05) is 0 Å². The first-order valence-electron chi connectivity index (χ1n) is 3.36. The molecule has 0 amide bonds. The van der Waals surface area contributed by atoms with Crippen LogP contribution >= 0.6 is 15.9 Å². The highest BCUT2D eigenvalue weighted by atomic mass is 79.9. The molecule has 0 aliphatic rings. The van der Waals surface area contributed by atoms with Crippen molar-refractivity contribution in [3.63, 3.8) is 0 Å². The second-order valence-electron chi connectivity index (χ2n) is 2.56. The second-order valence-corrected chi connectivity index (χ2v) is 3.48. The Hall–Kier alpha value is -0.370. The molecule has 0 atom stereocenters. The van der Waals surface area contributed by atoms with Crippen LogP contribution in [-0.4, -0.2) is 0 Å². The zero-order valence-electron chi connectivity index (χ0n) is 6.21. The smallest absolute Gasteiger partial charge is 0.183 e. The first-order chi connectivity index (χ1) is 4.70. The molecule has 1 heterocycles. The lowest BCUT2D eigenvalue weighted by Crippen LogP contribution is -2.34. The van der Waals surface area contributed by atoms with Gasteiger partial charge in [0.1, 0.15) is 0 Å². The first kappa shape index (κ1) is 7.73. The maximum atomic E-state index is 3.41. The highest BCUT2D eigenvalue weighted by Gasteiger charge is 2.03. The minimum absolute atomic E-state index is 0.539. The van der Waals surface area contributed by atoms with Crippen LogP contribution in [0.5, 0.6) is 0 Å². The van der Waals surface area contributed by atoms with E-state index in [0.29, 0.717) is 6.04 Å². The van der Waals surface area contributed by atoms with E-state index in [1.54, 1.807) is 0 Å². The fraction of sp³-hybridized carbons (Fsp3) is 0.375. The Labute approximate surface area is 69.8 Å². The van der Waals surface area contributed by atoms with Crippen LogP contribution in [0, 0.1) is 0 Å². The minimum atomic E-state index is 0.539. The van der Waals surface area contributed by atoms with Crippen molar-refractivity contribution in [3.8, 4) is 0 Å². The molecule has 10 heavy (non-hydrogen) atoms. The summed E-state index contributed by atoms with van der Waals surface area (Å²) < 4.78 is 3.29.